The number of hydrogen-bond donors (Lipinski definition) is 1. The average Bonchev–Trinajstić information content (AvgIpc) is 2.35. The Morgan fingerprint density at radius 2 is 1.89 bits per heavy atom. The van der Waals surface area contributed by atoms with Gasteiger partial charge in [0.1, 0.15) is 11.9 Å². The topological polar surface area (TPSA) is 83.4 Å². The number of carbonyl (C=O) groups excluding carboxylic acids is 1. The van der Waals surface area contributed by atoms with E-state index in [-0.39, 0.29) is 11.8 Å². The van der Waals surface area contributed by atoms with E-state index in [9.17, 15) is 9.59 Å². The summed E-state index contributed by atoms with van der Waals surface area (Å²) in [5.74, 6) is -0.767. The number of amides is 1. The number of hydrogen-bond acceptors (Lipinski definition) is 4. The molecule has 19 heavy (non-hydrogen) atoms. The van der Waals surface area contributed by atoms with Crippen LogP contribution in [-0.4, -0.2) is 44.9 Å². The second kappa shape index (κ2) is 5.77. The largest absolute Gasteiger partial charge is 0.480 e. The van der Waals surface area contributed by atoms with E-state index in [0.29, 0.717) is 17.1 Å². The summed E-state index contributed by atoms with van der Waals surface area (Å²) in [5.41, 5.74) is 0.998. The van der Waals surface area contributed by atoms with Crippen LogP contribution in [0.25, 0.3) is 0 Å². The lowest BCUT2D eigenvalue weighted by atomic mass is 10.0. The molecule has 6 heteroatoms. The van der Waals surface area contributed by atoms with Crippen LogP contribution in [0.2, 0.25) is 0 Å². The molecule has 0 aliphatic rings. The fraction of sp³-hybridized carbons (Fsp3) is 0.538. The van der Waals surface area contributed by atoms with Gasteiger partial charge in [0.25, 0.3) is 5.91 Å². The van der Waals surface area contributed by atoms with Gasteiger partial charge >= 0.3 is 5.97 Å². The summed E-state index contributed by atoms with van der Waals surface area (Å²) in [6.07, 6.45) is 1.46. The van der Waals surface area contributed by atoms with Crippen molar-refractivity contribution in [3.8, 4) is 0 Å². The Bertz CT molecular complexity index is 500. The summed E-state index contributed by atoms with van der Waals surface area (Å²) in [4.78, 5) is 32.7. The predicted octanol–water partition coefficient (Wildman–Crippen LogP) is 1.45. The van der Waals surface area contributed by atoms with Crippen LogP contribution in [0.4, 0.5) is 0 Å². The number of carbonyl (C=O) groups is 2. The van der Waals surface area contributed by atoms with Crippen molar-refractivity contribution >= 4 is 11.9 Å². The van der Waals surface area contributed by atoms with Crippen LogP contribution in [0, 0.1) is 6.92 Å². The molecule has 1 amide bonds. The molecule has 1 atom stereocenters. The molecule has 0 fully saturated rings. The predicted molar refractivity (Wildman–Crippen MR) is 70.0 cm³/mol. The Morgan fingerprint density at radius 1 is 1.32 bits per heavy atom. The van der Waals surface area contributed by atoms with Crippen LogP contribution in [0.1, 0.15) is 48.6 Å². The SMILES string of the molecule is Cc1ncc(C(=O)N(C)C(C)C(=O)O)c(C(C)C)n1. The van der Waals surface area contributed by atoms with Gasteiger partial charge in [-0.25, -0.2) is 14.8 Å². The third-order valence-corrected chi connectivity index (χ3v) is 2.97. The molecule has 1 aromatic rings. The molecular weight excluding hydrogens is 246 g/mol. The van der Waals surface area contributed by atoms with Gasteiger partial charge < -0.3 is 10.0 Å². The molecule has 1 unspecified atom stereocenters. The normalized spacial score (nSPS) is 12.3. The van der Waals surface area contributed by atoms with Crippen LogP contribution in [0.5, 0.6) is 0 Å². The molecule has 0 aromatic carbocycles. The van der Waals surface area contributed by atoms with Gasteiger partial charge in [-0.15, -0.1) is 0 Å². The van der Waals surface area contributed by atoms with Crippen molar-refractivity contribution < 1.29 is 14.7 Å². The fourth-order valence-electron chi connectivity index (χ4n) is 1.62. The van der Waals surface area contributed by atoms with E-state index in [4.69, 9.17) is 5.11 Å². The van der Waals surface area contributed by atoms with Gasteiger partial charge in [-0.1, -0.05) is 13.8 Å². The van der Waals surface area contributed by atoms with Gasteiger partial charge in [0.05, 0.1) is 11.3 Å². The van der Waals surface area contributed by atoms with Gasteiger partial charge in [0.15, 0.2) is 0 Å². The number of aliphatic carboxylic acids is 1. The third kappa shape index (κ3) is 3.27. The Balaban J connectivity index is 3.16. The molecule has 1 rings (SSSR count). The van der Waals surface area contributed by atoms with Crippen LogP contribution in [0.3, 0.4) is 0 Å². The molecule has 0 spiro atoms. The molecule has 1 heterocycles. The average molecular weight is 265 g/mol. The molecule has 104 valence electrons. The minimum absolute atomic E-state index is 0.0641. The van der Waals surface area contributed by atoms with Crippen molar-refractivity contribution in [1.29, 1.82) is 0 Å². The molecular formula is C13H19N3O3. The van der Waals surface area contributed by atoms with Gasteiger partial charge in [-0.2, -0.15) is 0 Å². The number of rotatable bonds is 4. The van der Waals surface area contributed by atoms with Crippen LogP contribution in [-0.2, 0) is 4.79 Å². The van der Waals surface area contributed by atoms with E-state index in [1.807, 2.05) is 13.8 Å². The molecule has 0 radical (unpaired) electrons. The first kappa shape index (κ1) is 15.1. The quantitative estimate of drug-likeness (QED) is 0.890. The number of aromatic nitrogens is 2. The summed E-state index contributed by atoms with van der Waals surface area (Å²) in [6, 6.07) is -0.895. The molecule has 0 aliphatic heterocycles. The Labute approximate surface area is 112 Å². The first-order valence-electron chi connectivity index (χ1n) is 6.09. The molecule has 1 N–H and O–H groups in total. The Kier molecular flexibility index (Phi) is 4.58. The van der Waals surface area contributed by atoms with E-state index in [0.717, 1.165) is 0 Å². The maximum Gasteiger partial charge on any atom is 0.326 e. The van der Waals surface area contributed by atoms with Gasteiger partial charge in [0.2, 0.25) is 0 Å². The van der Waals surface area contributed by atoms with Gasteiger partial charge in [-0.3, -0.25) is 4.79 Å². The van der Waals surface area contributed by atoms with Crippen molar-refractivity contribution in [2.75, 3.05) is 7.05 Å². The molecule has 6 nitrogen and oxygen atoms in total. The molecule has 1 aromatic heterocycles. The second-order valence-corrected chi connectivity index (χ2v) is 4.80. The highest BCUT2D eigenvalue weighted by Crippen LogP contribution is 2.18. The van der Waals surface area contributed by atoms with E-state index >= 15 is 0 Å². The summed E-state index contributed by atoms with van der Waals surface area (Å²) in [7, 11) is 1.46. The van der Waals surface area contributed by atoms with Crippen molar-refractivity contribution in [1.82, 2.24) is 14.9 Å². The van der Waals surface area contributed by atoms with Crippen LogP contribution < -0.4 is 0 Å². The molecule has 0 saturated carbocycles. The van der Waals surface area contributed by atoms with Crippen molar-refractivity contribution in [2.24, 2.45) is 0 Å². The standard InChI is InChI=1S/C13H19N3O3/c1-7(2)11-10(6-14-9(4)15-11)12(17)16(5)8(3)13(18)19/h6-8H,1-5H3,(H,18,19). The number of likely N-dealkylation sites (N-methyl/N-ethyl adjacent to an activating group) is 1. The van der Waals surface area contributed by atoms with Gasteiger partial charge in [0, 0.05) is 13.2 Å². The number of nitrogens with zero attached hydrogens (tertiary/aromatic N) is 3. The minimum atomic E-state index is -1.05. The zero-order chi connectivity index (χ0) is 14.7. The zero-order valence-corrected chi connectivity index (χ0v) is 11.8. The van der Waals surface area contributed by atoms with Gasteiger partial charge in [-0.05, 0) is 19.8 Å². The molecule has 0 aliphatic carbocycles. The van der Waals surface area contributed by atoms with Crippen LogP contribution in [0.15, 0.2) is 6.20 Å². The maximum atomic E-state index is 12.3. The smallest absolute Gasteiger partial charge is 0.326 e. The lowest BCUT2D eigenvalue weighted by Crippen LogP contribution is -2.40. The monoisotopic (exact) mass is 265 g/mol. The highest BCUT2D eigenvalue weighted by Gasteiger charge is 2.26. The van der Waals surface area contributed by atoms with Crippen molar-refractivity contribution in [2.45, 2.75) is 39.7 Å². The Hall–Kier alpha value is -1.98. The summed E-state index contributed by atoms with van der Waals surface area (Å²) >= 11 is 0. The van der Waals surface area contributed by atoms with Crippen molar-refractivity contribution in [3.05, 3.63) is 23.3 Å². The summed E-state index contributed by atoms with van der Waals surface area (Å²) in [6.45, 7) is 7.08. The first-order valence-corrected chi connectivity index (χ1v) is 6.09. The molecule has 0 saturated heterocycles. The van der Waals surface area contributed by atoms with E-state index < -0.39 is 12.0 Å². The Morgan fingerprint density at radius 3 is 2.37 bits per heavy atom. The maximum absolute atomic E-state index is 12.3. The number of carboxylic acids is 1. The summed E-state index contributed by atoms with van der Waals surface area (Å²) < 4.78 is 0. The fourth-order valence-corrected chi connectivity index (χ4v) is 1.62. The van der Waals surface area contributed by atoms with E-state index in [2.05, 4.69) is 9.97 Å². The van der Waals surface area contributed by atoms with E-state index in [1.54, 1.807) is 6.92 Å². The van der Waals surface area contributed by atoms with Crippen molar-refractivity contribution in [3.63, 3.8) is 0 Å². The number of aryl methyl sites for hydroxylation is 1. The highest BCUT2D eigenvalue weighted by molar-refractivity contribution is 5.97. The molecule has 0 bridgehead atoms. The third-order valence-electron chi connectivity index (χ3n) is 2.97. The lowest BCUT2D eigenvalue weighted by Gasteiger charge is -2.23. The van der Waals surface area contributed by atoms with Crippen LogP contribution >= 0.6 is 0 Å². The zero-order valence-electron chi connectivity index (χ0n) is 11.8. The van der Waals surface area contributed by atoms with E-state index in [1.165, 1.54) is 25.1 Å². The highest BCUT2D eigenvalue weighted by atomic mass is 16.4. The first-order chi connectivity index (χ1) is 8.75. The summed E-state index contributed by atoms with van der Waals surface area (Å²) in [5, 5.41) is 8.95. The number of carboxylic acid groups (broad SMARTS) is 1. The minimum Gasteiger partial charge on any atom is -0.480 e. The second-order valence-electron chi connectivity index (χ2n) is 4.80. The lowest BCUT2D eigenvalue weighted by molar-refractivity contribution is -0.141.